The minimum atomic E-state index is -4.58. The molecule has 0 N–H and O–H groups in total. The maximum atomic E-state index is 15.3. The number of benzene rings is 6. The SMILES string of the molecule is C1=C[CH+]C(=C(c2ccccc2)c2ccccc2)C=C1.Fc1ccc([B-](c2ccc(F)c(F)c2F)(c2ccc(F)c(F)c2F)c2ccc(F)c(F)c2F)c(F)c1F. The molecule has 13 heteroatoms. The van der Waals surface area contributed by atoms with Gasteiger partial charge in [-0.25, -0.2) is 52.7 Å². The van der Waals surface area contributed by atoms with Gasteiger partial charge >= 0.3 is 0 Å². The van der Waals surface area contributed by atoms with Crippen molar-refractivity contribution in [3.8, 4) is 0 Å². The average Bonchev–Trinajstić information content (AvgIpc) is 3.21. The molecule has 0 bridgehead atoms. The van der Waals surface area contributed by atoms with Gasteiger partial charge in [-0.05, 0) is 48.5 Å². The Balaban J connectivity index is 0.000000233. The average molecular weight is 778 g/mol. The van der Waals surface area contributed by atoms with E-state index in [1.54, 1.807) is 0 Å². The van der Waals surface area contributed by atoms with E-state index in [0.29, 0.717) is 24.3 Å². The molecule has 282 valence electrons. The Labute approximate surface area is 312 Å². The molecule has 0 saturated carbocycles. The Morgan fingerprint density at radius 3 is 0.964 bits per heavy atom. The molecule has 0 fully saturated rings. The summed E-state index contributed by atoms with van der Waals surface area (Å²) in [7, 11) is 0. The van der Waals surface area contributed by atoms with Crippen LogP contribution in [0.15, 0.2) is 139 Å². The van der Waals surface area contributed by atoms with E-state index in [9.17, 15) is 35.1 Å². The summed E-state index contributed by atoms with van der Waals surface area (Å²) >= 11 is 0. The summed E-state index contributed by atoms with van der Waals surface area (Å²) in [4.78, 5) is 0. The molecule has 0 aliphatic heterocycles. The third-order valence-corrected chi connectivity index (χ3v) is 9.31. The van der Waals surface area contributed by atoms with E-state index in [2.05, 4.69) is 91.4 Å². The minimum Gasteiger partial charge on any atom is -0.207 e. The first kappa shape index (κ1) is 39.3. The highest BCUT2D eigenvalue weighted by molar-refractivity contribution is 7.20. The zero-order chi connectivity index (χ0) is 40.3. The highest BCUT2D eigenvalue weighted by Crippen LogP contribution is 2.30. The lowest BCUT2D eigenvalue weighted by atomic mass is 9.12. The molecule has 7 rings (SSSR count). The Kier molecular flexibility index (Phi) is 11.4. The summed E-state index contributed by atoms with van der Waals surface area (Å²) in [5.74, 6) is -25.8. The second kappa shape index (κ2) is 16.2. The van der Waals surface area contributed by atoms with Gasteiger partial charge in [-0.1, -0.05) is 60.7 Å². The van der Waals surface area contributed by atoms with Gasteiger partial charge in [0, 0.05) is 41.9 Å². The molecule has 1 aliphatic carbocycles. The third kappa shape index (κ3) is 7.00. The van der Waals surface area contributed by atoms with Gasteiger partial charge in [0.15, 0.2) is 46.5 Å². The molecule has 0 atom stereocenters. The lowest BCUT2D eigenvalue weighted by Gasteiger charge is -2.44. The zero-order valence-corrected chi connectivity index (χ0v) is 28.4. The van der Waals surface area contributed by atoms with Gasteiger partial charge in [0.2, 0.25) is 0 Å². The van der Waals surface area contributed by atoms with Crippen molar-refractivity contribution >= 4 is 33.6 Å². The molecule has 0 nitrogen and oxygen atoms in total. The van der Waals surface area contributed by atoms with Crippen LogP contribution in [0.25, 0.3) is 5.57 Å². The fourth-order valence-electron chi connectivity index (χ4n) is 6.82. The van der Waals surface area contributed by atoms with Crippen molar-refractivity contribution in [2.24, 2.45) is 0 Å². The van der Waals surface area contributed by atoms with Crippen molar-refractivity contribution in [2.45, 2.75) is 0 Å². The Morgan fingerprint density at radius 1 is 0.357 bits per heavy atom. The molecule has 0 spiro atoms. The van der Waals surface area contributed by atoms with Crippen molar-refractivity contribution in [1.29, 1.82) is 0 Å². The second-order valence-electron chi connectivity index (χ2n) is 12.4. The van der Waals surface area contributed by atoms with Gasteiger partial charge in [0.1, 0.15) is 35.0 Å². The van der Waals surface area contributed by atoms with E-state index >= 15 is 17.6 Å². The van der Waals surface area contributed by atoms with Crippen molar-refractivity contribution in [2.75, 3.05) is 0 Å². The monoisotopic (exact) mass is 778 g/mol. The van der Waals surface area contributed by atoms with Crippen LogP contribution in [-0.2, 0) is 0 Å². The lowest BCUT2D eigenvalue weighted by Crippen LogP contribution is -2.78. The quantitative estimate of drug-likeness (QED) is 0.0685. The van der Waals surface area contributed by atoms with Gasteiger partial charge in [-0.3, -0.25) is 0 Å². The van der Waals surface area contributed by atoms with E-state index < -0.39 is 97.8 Å². The highest BCUT2D eigenvalue weighted by Gasteiger charge is 2.43. The summed E-state index contributed by atoms with van der Waals surface area (Å²) in [6, 6.07) is 23.1. The molecule has 6 aromatic rings. The van der Waals surface area contributed by atoms with Crippen molar-refractivity contribution in [3.05, 3.63) is 226 Å². The number of hydrogen-bond acceptors (Lipinski definition) is 0. The molecular weight excluding hydrogens is 755 g/mol. The molecule has 0 unspecified atom stereocenters. The fraction of sp³-hybridized carbons (Fsp3) is 0. The molecule has 0 heterocycles. The topological polar surface area (TPSA) is 0 Å². The van der Waals surface area contributed by atoms with Crippen molar-refractivity contribution < 1.29 is 52.7 Å². The first-order valence-electron chi connectivity index (χ1n) is 16.5. The van der Waals surface area contributed by atoms with Crippen molar-refractivity contribution in [3.63, 3.8) is 0 Å². The standard InChI is InChI=1S/C24H8BF12.C19H15/c26-13-5-1-9(17(30)21(13)34)25(10-2-6-14(27)22(35)18(10)31,11-3-7-15(28)23(36)19(11)32)12-4-8-16(29)24(37)20(12)33;1-4-10-16(11-5-1)19(17-12-6-2-7-13-17)18-14-8-3-9-15-18/h1-8H;1-15H/q-1;+1. The van der Waals surface area contributed by atoms with Crippen LogP contribution in [-0.4, -0.2) is 6.15 Å². The number of allylic oxidation sites excluding steroid dienone is 5. The Bertz CT molecular complexity index is 2250. The molecule has 0 radical (unpaired) electrons. The van der Waals surface area contributed by atoms with Crippen LogP contribution in [0.3, 0.4) is 0 Å². The lowest BCUT2D eigenvalue weighted by molar-refractivity contribution is 0.446. The smallest absolute Gasteiger partial charge is 0.191 e. The number of hydrogen-bond donors (Lipinski definition) is 0. The van der Waals surface area contributed by atoms with E-state index in [1.807, 2.05) is 0 Å². The predicted octanol–water partition coefficient (Wildman–Crippen LogP) is 9.55. The third-order valence-electron chi connectivity index (χ3n) is 9.31. The normalized spacial score (nSPS) is 12.2. The van der Waals surface area contributed by atoms with Gasteiger partial charge < -0.3 is 0 Å². The minimum absolute atomic E-state index is 0.192. The van der Waals surface area contributed by atoms with Crippen molar-refractivity contribution in [1.82, 2.24) is 0 Å². The molecule has 56 heavy (non-hydrogen) atoms. The first-order chi connectivity index (χ1) is 26.8. The molecule has 6 aromatic carbocycles. The predicted molar refractivity (Wildman–Crippen MR) is 191 cm³/mol. The van der Waals surface area contributed by atoms with Gasteiger partial charge in [0.05, 0.1) is 5.57 Å². The van der Waals surface area contributed by atoms with Crippen LogP contribution in [0, 0.1) is 76.2 Å². The number of halogens is 12. The molecule has 0 amide bonds. The van der Waals surface area contributed by atoms with Crippen LogP contribution in [0.1, 0.15) is 11.1 Å². The summed E-state index contributed by atoms with van der Waals surface area (Å²) in [6.45, 7) is 0. The van der Waals surface area contributed by atoms with E-state index in [-0.39, 0.29) is 24.3 Å². The van der Waals surface area contributed by atoms with Crippen LogP contribution >= 0.6 is 0 Å². The Hall–Kier alpha value is -6.37. The van der Waals surface area contributed by atoms with E-state index in [1.165, 1.54) is 22.3 Å². The largest absolute Gasteiger partial charge is 0.207 e. The van der Waals surface area contributed by atoms with Gasteiger partial charge in [-0.2, -0.15) is 21.9 Å². The summed E-state index contributed by atoms with van der Waals surface area (Å²) in [5.41, 5.74) is -0.643. The summed E-state index contributed by atoms with van der Waals surface area (Å²) < 4.78 is 174. The maximum Gasteiger partial charge on any atom is 0.191 e. The summed E-state index contributed by atoms with van der Waals surface area (Å²) in [6.07, 6.45) is 5.97. The molecule has 0 aromatic heterocycles. The number of rotatable bonds is 6. The van der Waals surface area contributed by atoms with Crippen LogP contribution in [0.5, 0.6) is 0 Å². The summed E-state index contributed by atoms with van der Waals surface area (Å²) in [5, 5.41) is 0. The molecular formula is C43H23BF12. The zero-order valence-electron chi connectivity index (χ0n) is 28.4. The van der Waals surface area contributed by atoms with Gasteiger partial charge in [-0.15, -0.1) is 0 Å². The van der Waals surface area contributed by atoms with E-state index in [4.69, 9.17) is 0 Å². The Morgan fingerprint density at radius 2 is 0.679 bits per heavy atom. The maximum absolute atomic E-state index is 15.3. The van der Waals surface area contributed by atoms with E-state index in [0.717, 1.165) is 0 Å². The first-order valence-corrected chi connectivity index (χ1v) is 16.5. The molecule has 0 saturated heterocycles. The van der Waals surface area contributed by atoms with Gasteiger partial charge in [0.25, 0.3) is 0 Å². The van der Waals surface area contributed by atoms with Crippen LogP contribution in [0.4, 0.5) is 52.7 Å². The fourth-order valence-corrected chi connectivity index (χ4v) is 6.82. The molecule has 1 aliphatic rings. The second-order valence-corrected chi connectivity index (χ2v) is 12.4. The van der Waals surface area contributed by atoms with Crippen LogP contribution in [0.2, 0.25) is 0 Å². The van der Waals surface area contributed by atoms with Crippen LogP contribution < -0.4 is 21.9 Å². The highest BCUT2D eigenvalue weighted by atomic mass is 19.2.